The maximum Gasteiger partial charge on any atom is 0.240 e. The second kappa shape index (κ2) is 6.89. The lowest BCUT2D eigenvalue weighted by atomic mass is 10.0. The average Bonchev–Trinajstić information content (AvgIpc) is 3.44. The standard InChI is InChI=1S/C20H20N4O2/c1-24(2)17-8-6-15(7-9-17)22-18(25)20(10-11-20)19(26)23-16-5-3-4-14(12-16)13-21/h3-9,12H,10-11H2,1-2H3,(H,22,25)(H,23,26). The predicted octanol–water partition coefficient (Wildman–Crippen LogP) is 2.98. The molecule has 6 heteroatoms. The highest BCUT2D eigenvalue weighted by molar-refractivity contribution is 6.16. The molecule has 1 aliphatic rings. The first-order valence-corrected chi connectivity index (χ1v) is 8.35. The van der Waals surface area contributed by atoms with E-state index in [1.165, 1.54) is 0 Å². The van der Waals surface area contributed by atoms with Gasteiger partial charge in [0.1, 0.15) is 5.41 Å². The zero-order chi connectivity index (χ0) is 18.7. The second-order valence-corrected chi connectivity index (χ2v) is 6.62. The molecule has 0 aromatic heterocycles. The summed E-state index contributed by atoms with van der Waals surface area (Å²) in [5.41, 5.74) is 1.62. The average molecular weight is 348 g/mol. The Hall–Kier alpha value is -3.33. The van der Waals surface area contributed by atoms with Crippen LogP contribution in [0.4, 0.5) is 17.1 Å². The largest absolute Gasteiger partial charge is 0.378 e. The molecule has 2 aromatic rings. The molecule has 0 bridgehead atoms. The fourth-order valence-electron chi connectivity index (χ4n) is 2.69. The lowest BCUT2D eigenvalue weighted by Crippen LogP contribution is -2.35. The number of rotatable bonds is 5. The molecule has 1 aliphatic carbocycles. The molecule has 3 rings (SSSR count). The van der Waals surface area contributed by atoms with Gasteiger partial charge in [0.15, 0.2) is 0 Å². The molecule has 26 heavy (non-hydrogen) atoms. The molecule has 1 fully saturated rings. The molecular weight excluding hydrogens is 328 g/mol. The lowest BCUT2D eigenvalue weighted by Gasteiger charge is -2.17. The van der Waals surface area contributed by atoms with Gasteiger partial charge >= 0.3 is 0 Å². The van der Waals surface area contributed by atoms with Crippen molar-refractivity contribution in [3.05, 3.63) is 54.1 Å². The molecule has 2 amide bonds. The van der Waals surface area contributed by atoms with Gasteiger partial charge in [-0.1, -0.05) is 6.07 Å². The highest BCUT2D eigenvalue weighted by atomic mass is 16.2. The minimum atomic E-state index is -1.04. The Labute approximate surface area is 152 Å². The van der Waals surface area contributed by atoms with Crippen LogP contribution in [0.2, 0.25) is 0 Å². The first kappa shape index (κ1) is 17.5. The van der Waals surface area contributed by atoms with Crippen molar-refractivity contribution < 1.29 is 9.59 Å². The van der Waals surface area contributed by atoms with Gasteiger partial charge in [-0.15, -0.1) is 0 Å². The summed E-state index contributed by atoms with van der Waals surface area (Å²) in [4.78, 5) is 27.2. The Morgan fingerprint density at radius 2 is 1.62 bits per heavy atom. The number of hydrogen-bond acceptors (Lipinski definition) is 4. The van der Waals surface area contributed by atoms with Crippen molar-refractivity contribution in [2.75, 3.05) is 29.6 Å². The van der Waals surface area contributed by atoms with Gasteiger partial charge in [0.25, 0.3) is 0 Å². The molecule has 0 heterocycles. The Morgan fingerprint density at radius 1 is 1.00 bits per heavy atom. The van der Waals surface area contributed by atoms with Crippen molar-refractivity contribution in [1.29, 1.82) is 5.26 Å². The van der Waals surface area contributed by atoms with Crippen LogP contribution in [-0.2, 0) is 9.59 Å². The monoisotopic (exact) mass is 348 g/mol. The smallest absolute Gasteiger partial charge is 0.240 e. The molecule has 2 N–H and O–H groups in total. The van der Waals surface area contributed by atoms with E-state index in [9.17, 15) is 9.59 Å². The Balaban J connectivity index is 1.68. The summed E-state index contributed by atoms with van der Waals surface area (Å²) in [6, 6.07) is 16.1. The van der Waals surface area contributed by atoms with E-state index in [1.54, 1.807) is 24.3 Å². The summed E-state index contributed by atoms with van der Waals surface area (Å²) in [6.45, 7) is 0. The molecule has 0 spiro atoms. The molecule has 132 valence electrons. The van der Waals surface area contributed by atoms with Gasteiger partial charge in [0.05, 0.1) is 11.6 Å². The number of nitriles is 1. The molecule has 0 radical (unpaired) electrons. The summed E-state index contributed by atoms with van der Waals surface area (Å²) < 4.78 is 0. The number of carbonyl (C=O) groups is 2. The highest BCUT2D eigenvalue weighted by Gasteiger charge is 2.56. The quantitative estimate of drug-likeness (QED) is 0.814. The fraction of sp³-hybridized carbons (Fsp3) is 0.250. The first-order chi connectivity index (χ1) is 12.4. The zero-order valence-corrected chi connectivity index (χ0v) is 14.7. The van der Waals surface area contributed by atoms with Crippen molar-refractivity contribution >= 4 is 28.9 Å². The molecule has 1 saturated carbocycles. The number of hydrogen-bond donors (Lipinski definition) is 2. The van der Waals surface area contributed by atoms with Crippen molar-refractivity contribution in [2.45, 2.75) is 12.8 Å². The summed E-state index contributed by atoms with van der Waals surface area (Å²) in [6.07, 6.45) is 1.02. The molecular formula is C20H20N4O2. The summed E-state index contributed by atoms with van der Waals surface area (Å²) in [5.74, 6) is -0.640. The first-order valence-electron chi connectivity index (χ1n) is 8.35. The third-order valence-corrected chi connectivity index (χ3v) is 4.51. The van der Waals surface area contributed by atoms with E-state index in [0.717, 1.165) is 5.69 Å². The SMILES string of the molecule is CN(C)c1ccc(NC(=O)C2(C(=O)Nc3cccc(C#N)c3)CC2)cc1. The molecule has 6 nitrogen and oxygen atoms in total. The number of nitrogens with one attached hydrogen (secondary N) is 2. The minimum Gasteiger partial charge on any atom is -0.378 e. The van der Waals surface area contributed by atoms with E-state index >= 15 is 0 Å². The molecule has 0 aliphatic heterocycles. The Bertz CT molecular complexity index is 877. The lowest BCUT2D eigenvalue weighted by molar-refractivity contribution is -0.131. The highest BCUT2D eigenvalue weighted by Crippen LogP contribution is 2.47. The van der Waals surface area contributed by atoms with Gasteiger partial charge in [-0.05, 0) is 55.3 Å². The summed E-state index contributed by atoms with van der Waals surface area (Å²) in [5, 5.41) is 14.5. The number of benzene rings is 2. The van der Waals surface area contributed by atoms with E-state index < -0.39 is 5.41 Å². The molecule has 0 unspecified atom stereocenters. The third kappa shape index (κ3) is 3.52. The van der Waals surface area contributed by atoms with Crippen molar-refractivity contribution in [3.8, 4) is 6.07 Å². The van der Waals surface area contributed by atoms with Crippen LogP contribution in [0.3, 0.4) is 0 Å². The van der Waals surface area contributed by atoms with Crippen molar-refractivity contribution in [2.24, 2.45) is 5.41 Å². The van der Waals surface area contributed by atoms with Crippen LogP contribution < -0.4 is 15.5 Å². The minimum absolute atomic E-state index is 0.302. The van der Waals surface area contributed by atoms with E-state index in [-0.39, 0.29) is 11.8 Å². The number of nitrogens with zero attached hydrogens (tertiary/aromatic N) is 2. The third-order valence-electron chi connectivity index (χ3n) is 4.51. The van der Waals surface area contributed by atoms with Gasteiger partial charge in [-0.2, -0.15) is 5.26 Å². The van der Waals surface area contributed by atoms with Crippen LogP contribution in [0.25, 0.3) is 0 Å². The van der Waals surface area contributed by atoms with Crippen LogP contribution in [0.5, 0.6) is 0 Å². The van der Waals surface area contributed by atoms with Gasteiger partial charge < -0.3 is 15.5 Å². The van der Waals surface area contributed by atoms with Crippen molar-refractivity contribution in [1.82, 2.24) is 0 Å². The van der Waals surface area contributed by atoms with E-state index in [4.69, 9.17) is 5.26 Å². The molecule has 0 atom stereocenters. The van der Waals surface area contributed by atoms with Crippen LogP contribution in [0, 0.1) is 16.7 Å². The van der Waals surface area contributed by atoms with Crippen molar-refractivity contribution in [3.63, 3.8) is 0 Å². The van der Waals surface area contributed by atoms with E-state index in [2.05, 4.69) is 10.6 Å². The van der Waals surface area contributed by atoms with E-state index in [0.29, 0.717) is 29.8 Å². The second-order valence-electron chi connectivity index (χ2n) is 6.62. The Kier molecular flexibility index (Phi) is 4.63. The van der Waals surface area contributed by atoms with Crippen LogP contribution in [0.15, 0.2) is 48.5 Å². The maximum absolute atomic E-state index is 12.6. The number of amides is 2. The maximum atomic E-state index is 12.6. The number of carbonyl (C=O) groups excluding carboxylic acids is 2. The van der Waals surface area contributed by atoms with Crippen LogP contribution in [0.1, 0.15) is 18.4 Å². The Morgan fingerprint density at radius 3 is 2.15 bits per heavy atom. The predicted molar refractivity (Wildman–Crippen MR) is 101 cm³/mol. The molecule has 0 saturated heterocycles. The van der Waals surface area contributed by atoms with Gasteiger partial charge in [0, 0.05) is 31.2 Å². The van der Waals surface area contributed by atoms with Gasteiger partial charge in [-0.25, -0.2) is 0 Å². The fourth-order valence-corrected chi connectivity index (χ4v) is 2.69. The van der Waals surface area contributed by atoms with Crippen LogP contribution >= 0.6 is 0 Å². The van der Waals surface area contributed by atoms with E-state index in [1.807, 2.05) is 49.3 Å². The summed E-state index contributed by atoms with van der Waals surface area (Å²) in [7, 11) is 3.89. The number of anilines is 3. The molecule has 2 aromatic carbocycles. The van der Waals surface area contributed by atoms with Crippen LogP contribution in [-0.4, -0.2) is 25.9 Å². The topological polar surface area (TPSA) is 85.2 Å². The van der Waals surface area contributed by atoms with Gasteiger partial charge in [-0.3, -0.25) is 9.59 Å². The normalized spacial score (nSPS) is 14.0. The summed E-state index contributed by atoms with van der Waals surface area (Å²) >= 11 is 0. The zero-order valence-electron chi connectivity index (χ0n) is 14.7. The van der Waals surface area contributed by atoms with Gasteiger partial charge in [0.2, 0.25) is 11.8 Å².